The zero-order valence-electron chi connectivity index (χ0n) is 3.24. The van der Waals surface area contributed by atoms with Crippen LogP contribution >= 0.6 is 0 Å². The molecule has 2 nitrogen and oxygen atoms in total. The minimum Gasteiger partial charge on any atom is -0.210 e. The van der Waals surface area contributed by atoms with Crippen molar-refractivity contribution in [2.75, 3.05) is 6.54 Å². The van der Waals surface area contributed by atoms with Crippen molar-refractivity contribution in [2.24, 2.45) is 5.11 Å². The molecule has 0 unspecified atom stereocenters. The minimum absolute atomic E-state index is 0.194. The molecule has 0 aliphatic carbocycles. The van der Waals surface area contributed by atoms with E-state index in [0.29, 0.717) is 0 Å². The highest BCUT2D eigenvalue weighted by atomic mass is 19.1. The van der Waals surface area contributed by atoms with Crippen LogP contribution in [0.2, 0.25) is 0 Å². The number of hydrogen-bond donors (Lipinski definition) is 1. The summed E-state index contributed by atoms with van der Waals surface area (Å²) in [7, 11) is 0. The van der Waals surface area contributed by atoms with Gasteiger partial charge in [0.05, 0.1) is 0 Å². The Labute approximate surface area is 35.2 Å². The molecule has 1 N–H and O–H groups in total. The molecular formula is C3H5FN2. The largest absolute Gasteiger partial charge is 0.210 e. The van der Waals surface area contributed by atoms with Gasteiger partial charge in [-0.1, -0.05) is 6.58 Å². The van der Waals surface area contributed by atoms with E-state index < -0.39 is 5.83 Å². The van der Waals surface area contributed by atoms with E-state index >= 15 is 0 Å². The summed E-state index contributed by atoms with van der Waals surface area (Å²) in [4.78, 5) is 0. The Morgan fingerprint density at radius 2 is 2.50 bits per heavy atom. The van der Waals surface area contributed by atoms with Gasteiger partial charge in [-0.25, -0.2) is 9.92 Å². The summed E-state index contributed by atoms with van der Waals surface area (Å²) in [5.74, 6) is -0.565. The van der Waals surface area contributed by atoms with Gasteiger partial charge in [0.25, 0.3) is 0 Å². The Bertz CT molecular complexity index is 69.2. The molecule has 3 heteroatoms. The molecule has 0 bridgehead atoms. The Kier molecular flexibility index (Phi) is 2.20. The van der Waals surface area contributed by atoms with Crippen molar-refractivity contribution >= 4 is 0 Å². The van der Waals surface area contributed by atoms with Crippen molar-refractivity contribution in [3.8, 4) is 0 Å². The van der Waals surface area contributed by atoms with Crippen LogP contribution in [-0.2, 0) is 0 Å². The Balaban J connectivity index is 3.05. The van der Waals surface area contributed by atoms with Gasteiger partial charge in [0, 0.05) is 0 Å². The molecule has 0 heterocycles. The number of nitrogens with one attached hydrogen (secondary N) is 1. The van der Waals surface area contributed by atoms with Crippen LogP contribution in [0.5, 0.6) is 0 Å². The summed E-state index contributed by atoms with van der Waals surface area (Å²) in [6, 6.07) is 0. The first kappa shape index (κ1) is 5.27. The van der Waals surface area contributed by atoms with E-state index in [4.69, 9.17) is 5.53 Å². The van der Waals surface area contributed by atoms with Crippen LogP contribution in [0.4, 0.5) is 4.39 Å². The third-order valence-corrected chi connectivity index (χ3v) is 0.251. The van der Waals surface area contributed by atoms with Crippen molar-refractivity contribution in [1.29, 1.82) is 5.53 Å². The maximum atomic E-state index is 11.3. The second-order valence-corrected chi connectivity index (χ2v) is 0.833. The molecule has 0 aliphatic rings. The second-order valence-electron chi connectivity index (χ2n) is 0.833. The second kappa shape index (κ2) is 2.50. The summed E-state index contributed by atoms with van der Waals surface area (Å²) in [5.41, 5.74) is 6.06. The van der Waals surface area contributed by atoms with Gasteiger partial charge in [0.2, 0.25) is 0 Å². The van der Waals surface area contributed by atoms with Gasteiger partial charge in [-0.15, -0.1) is 0 Å². The van der Waals surface area contributed by atoms with Gasteiger partial charge in [0.1, 0.15) is 12.4 Å². The first-order valence-electron chi connectivity index (χ1n) is 1.44. The van der Waals surface area contributed by atoms with Crippen LogP contribution in [0.25, 0.3) is 0 Å². The molecule has 0 aromatic carbocycles. The van der Waals surface area contributed by atoms with Crippen molar-refractivity contribution in [3.63, 3.8) is 0 Å². The summed E-state index contributed by atoms with van der Waals surface area (Å²) >= 11 is 0. The average molecular weight is 88.1 g/mol. The van der Waals surface area contributed by atoms with E-state index in [2.05, 4.69) is 11.7 Å². The van der Waals surface area contributed by atoms with Crippen molar-refractivity contribution in [1.82, 2.24) is 0 Å². The number of rotatable bonds is 2. The molecule has 0 aromatic heterocycles. The van der Waals surface area contributed by atoms with Crippen molar-refractivity contribution < 1.29 is 4.39 Å². The summed E-state index contributed by atoms with van der Waals surface area (Å²) in [5, 5.41) is 2.71. The number of hydrogen-bond acceptors (Lipinski definition) is 2. The number of halogens is 1. The van der Waals surface area contributed by atoms with Crippen LogP contribution in [-0.4, -0.2) is 6.54 Å². The molecule has 0 amide bonds. The lowest BCUT2D eigenvalue weighted by Gasteiger charge is -1.76. The third kappa shape index (κ3) is 3.27. The molecule has 0 atom stereocenters. The lowest BCUT2D eigenvalue weighted by Crippen LogP contribution is -1.71. The lowest BCUT2D eigenvalue weighted by atomic mass is 10.6. The standard InChI is InChI=1S/C3H5FN2/c1-3(4)2-6-5/h5H,1-2H2. The monoisotopic (exact) mass is 88.0 g/mol. The van der Waals surface area contributed by atoms with E-state index in [9.17, 15) is 4.39 Å². The normalized spacial score (nSPS) is 7.50. The van der Waals surface area contributed by atoms with Crippen molar-refractivity contribution in [2.45, 2.75) is 0 Å². The Morgan fingerprint density at radius 1 is 2.00 bits per heavy atom. The molecule has 0 saturated heterocycles. The van der Waals surface area contributed by atoms with Crippen LogP contribution in [0, 0.1) is 5.53 Å². The molecule has 0 aromatic rings. The predicted molar refractivity (Wildman–Crippen MR) is 20.3 cm³/mol. The van der Waals surface area contributed by atoms with Crippen LogP contribution in [0.15, 0.2) is 17.5 Å². The molecule has 34 valence electrons. The zero-order valence-corrected chi connectivity index (χ0v) is 3.24. The van der Waals surface area contributed by atoms with Gasteiger partial charge < -0.3 is 0 Å². The van der Waals surface area contributed by atoms with Gasteiger partial charge in [0.15, 0.2) is 0 Å². The molecule has 0 radical (unpaired) electrons. The Morgan fingerprint density at radius 3 is 2.50 bits per heavy atom. The van der Waals surface area contributed by atoms with Crippen LogP contribution in [0.3, 0.4) is 0 Å². The SMILES string of the molecule is C=C(F)CN=N. The van der Waals surface area contributed by atoms with Gasteiger partial charge >= 0.3 is 0 Å². The fourth-order valence-electron chi connectivity index (χ4n) is 0.0858. The van der Waals surface area contributed by atoms with Crippen molar-refractivity contribution in [3.05, 3.63) is 12.4 Å². The highest BCUT2D eigenvalue weighted by Gasteiger charge is 1.79. The topological polar surface area (TPSA) is 36.2 Å². The maximum absolute atomic E-state index is 11.3. The Hall–Kier alpha value is -0.730. The van der Waals surface area contributed by atoms with E-state index in [1.165, 1.54) is 0 Å². The lowest BCUT2D eigenvalue weighted by molar-refractivity contribution is 0.614. The van der Waals surface area contributed by atoms with E-state index in [1.54, 1.807) is 0 Å². The molecular weight excluding hydrogens is 83.0 g/mol. The fraction of sp³-hybridized carbons (Fsp3) is 0.333. The zero-order chi connectivity index (χ0) is 4.99. The smallest absolute Gasteiger partial charge is 0.116 e. The average Bonchev–Trinajstić information content (AvgIpc) is 1.35. The maximum Gasteiger partial charge on any atom is 0.116 e. The molecule has 0 fully saturated rings. The molecule has 6 heavy (non-hydrogen) atoms. The molecule has 0 rings (SSSR count). The molecule has 0 spiro atoms. The van der Waals surface area contributed by atoms with Crippen LogP contribution in [0.1, 0.15) is 0 Å². The highest BCUT2D eigenvalue weighted by Crippen LogP contribution is 1.87. The molecule has 0 saturated carbocycles. The van der Waals surface area contributed by atoms with E-state index in [1.807, 2.05) is 0 Å². The van der Waals surface area contributed by atoms with Crippen LogP contribution < -0.4 is 0 Å². The van der Waals surface area contributed by atoms with Gasteiger partial charge in [-0.05, 0) is 0 Å². The van der Waals surface area contributed by atoms with Gasteiger partial charge in [-0.3, -0.25) is 0 Å². The summed E-state index contributed by atoms with van der Waals surface area (Å²) in [6.45, 7) is 2.67. The molecule has 0 aliphatic heterocycles. The predicted octanol–water partition coefficient (Wildman–Crippen LogP) is 1.50. The third-order valence-electron chi connectivity index (χ3n) is 0.251. The summed E-state index contributed by atoms with van der Waals surface area (Å²) < 4.78 is 11.3. The van der Waals surface area contributed by atoms with Gasteiger partial charge in [-0.2, -0.15) is 5.11 Å². The number of nitrogens with zero attached hydrogens (tertiary/aromatic N) is 1. The highest BCUT2D eigenvalue weighted by molar-refractivity contribution is 4.80. The first-order chi connectivity index (χ1) is 2.77. The van der Waals surface area contributed by atoms with E-state index in [0.717, 1.165) is 0 Å². The van der Waals surface area contributed by atoms with E-state index in [-0.39, 0.29) is 6.54 Å². The fourth-order valence-corrected chi connectivity index (χ4v) is 0.0858. The minimum atomic E-state index is -0.565. The first-order valence-corrected chi connectivity index (χ1v) is 1.44. The summed E-state index contributed by atoms with van der Waals surface area (Å²) in [6.07, 6.45) is 0. The quantitative estimate of drug-likeness (QED) is 0.496.